The van der Waals surface area contributed by atoms with Gasteiger partial charge < -0.3 is 13.8 Å². The van der Waals surface area contributed by atoms with Crippen LogP contribution in [0.1, 0.15) is 104 Å². The molecule has 12 rings (SSSR count). The van der Waals surface area contributed by atoms with Gasteiger partial charge in [-0.3, -0.25) is 0 Å². The molecule has 3 nitrogen and oxygen atoms in total. The molecule has 4 heterocycles. The minimum Gasteiger partial charge on any atom is -0.455 e. The highest BCUT2D eigenvalue weighted by molar-refractivity contribution is 6.94. The van der Waals surface area contributed by atoms with Gasteiger partial charge in [-0.25, -0.2) is 0 Å². The molecular formula is C57H53BN2O. The van der Waals surface area contributed by atoms with Crippen molar-refractivity contribution in [2.75, 3.05) is 4.81 Å². The molecule has 0 saturated carbocycles. The molecule has 4 heteroatoms. The first-order valence-electron chi connectivity index (χ1n) is 22.2. The second-order valence-electron chi connectivity index (χ2n) is 21.8. The fraction of sp³-hybridized carbons (Fsp3) is 0.263. The molecule has 7 aromatic carbocycles. The molecule has 0 saturated heterocycles. The van der Waals surface area contributed by atoms with Gasteiger partial charge in [-0.2, -0.15) is 0 Å². The summed E-state index contributed by atoms with van der Waals surface area (Å²) in [6.07, 6.45) is 0. The van der Waals surface area contributed by atoms with Crippen molar-refractivity contribution in [3.8, 4) is 27.9 Å². The largest absolute Gasteiger partial charge is 0.455 e. The minimum atomic E-state index is -0.155. The highest BCUT2D eigenvalue weighted by Gasteiger charge is 2.48. The van der Waals surface area contributed by atoms with E-state index in [-0.39, 0.29) is 28.5 Å². The lowest BCUT2D eigenvalue weighted by Gasteiger charge is -2.43. The maximum atomic E-state index is 7.22. The quantitative estimate of drug-likeness (QED) is 0.154. The Labute approximate surface area is 360 Å². The number of benzene rings is 7. The summed E-state index contributed by atoms with van der Waals surface area (Å²) < 4.78 is 9.84. The zero-order chi connectivity index (χ0) is 42.3. The maximum absolute atomic E-state index is 7.22. The Hall–Kier alpha value is -6.00. The Bertz CT molecular complexity index is 3390. The van der Waals surface area contributed by atoms with Gasteiger partial charge in [-0.15, -0.1) is 0 Å². The third-order valence-corrected chi connectivity index (χ3v) is 14.6. The summed E-state index contributed by atoms with van der Waals surface area (Å²) in [5.74, 6) is 0. The number of hydrogen-bond donors (Lipinski definition) is 0. The average molecular weight is 793 g/mol. The van der Waals surface area contributed by atoms with E-state index in [1.807, 2.05) is 0 Å². The molecule has 0 radical (unpaired) electrons. The molecule has 9 aromatic rings. The molecule has 0 spiro atoms. The number of anilines is 2. The van der Waals surface area contributed by atoms with Crippen LogP contribution in [0.15, 0.2) is 126 Å². The summed E-state index contributed by atoms with van der Waals surface area (Å²) in [5.41, 5.74) is 22.6. The normalized spacial score (nSPS) is 15.2. The predicted octanol–water partition coefficient (Wildman–Crippen LogP) is 14.1. The van der Waals surface area contributed by atoms with Crippen LogP contribution in [0, 0.1) is 0 Å². The number of nitrogens with zero attached hydrogens (tertiary/aromatic N) is 2. The summed E-state index contributed by atoms with van der Waals surface area (Å²) in [5, 5.41) is 4.85. The number of aromatic nitrogens is 1. The molecular weight excluding hydrogens is 739 g/mol. The first-order valence-corrected chi connectivity index (χ1v) is 22.2. The Morgan fingerprint density at radius 1 is 0.541 bits per heavy atom. The first-order chi connectivity index (χ1) is 28.9. The zero-order valence-corrected chi connectivity index (χ0v) is 37.4. The maximum Gasteiger partial charge on any atom is 0.333 e. The Morgan fingerprint density at radius 2 is 1.20 bits per heavy atom. The second-order valence-corrected chi connectivity index (χ2v) is 21.8. The summed E-state index contributed by atoms with van der Waals surface area (Å²) in [6, 6.07) is 46.9. The van der Waals surface area contributed by atoms with Crippen LogP contribution in [0.2, 0.25) is 0 Å². The lowest BCUT2D eigenvalue weighted by molar-refractivity contribution is 0.590. The van der Waals surface area contributed by atoms with Crippen LogP contribution < -0.4 is 15.7 Å². The van der Waals surface area contributed by atoms with E-state index >= 15 is 0 Å². The van der Waals surface area contributed by atoms with Crippen molar-refractivity contribution < 1.29 is 4.42 Å². The van der Waals surface area contributed by atoms with Crippen molar-refractivity contribution in [2.45, 2.75) is 97.8 Å². The zero-order valence-electron chi connectivity index (χ0n) is 37.4. The highest BCUT2D eigenvalue weighted by Crippen LogP contribution is 2.54. The molecule has 0 amide bonds. The van der Waals surface area contributed by atoms with Gasteiger partial charge in [0.05, 0.1) is 16.4 Å². The second kappa shape index (κ2) is 11.7. The van der Waals surface area contributed by atoms with E-state index in [1.54, 1.807) is 0 Å². The smallest absolute Gasteiger partial charge is 0.333 e. The monoisotopic (exact) mass is 792 g/mol. The van der Waals surface area contributed by atoms with Crippen LogP contribution in [0.5, 0.6) is 0 Å². The summed E-state index contributed by atoms with van der Waals surface area (Å²) in [4.78, 5) is 2.69. The number of para-hydroxylation sites is 1. The van der Waals surface area contributed by atoms with Gasteiger partial charge in [0.25, 0.3) is 0 Å². The molecule has 3 aliphatic rings. The predicted molar refractivity (Wildman–Crippen MR) is 261 cm³/mol. The van der Waals surface area contributed by atoms with E-state index in [2.05, 4.69) is 207 Å². The van der Waals surface area contributed by atoms with Gasteiger partial charge >= 0.3 is 6.85 Å². The lowest BCUT2D eigenvalue weighted by atomic mass is 9.43. The standard InChI is InChI=1S/C57H53BN2O/c1-54(2,3)32-20-24-35(25-21-32)60-45-27-23-34(56(7,8)9)29-40(45)48-49-37-17-13-15-19-47(37)61-53(49)50-39-28-33(55(4,5)6)22-26-44(39)59-46-30-38-36-16-12-14-18-41(36)57(10,11)42(38)31-43(46)58(60)51(48)52(50)59/h12-31H,1-11H3. The number of fused-ring (bicyclic) bond motifs is 16. The van der Waals surface area contributed by atoms with E-state index in [1.165, 1.54) is 111 Å². The van der Waals surface area contributed by atoms with Crippen molar-refractivity contribution in [3.05, 3.63) is 149 Å². The van der Waals surface area contributed by atoms with Crippen LogP contribution in [0.4, 0.5) is 11.4 Å². The number of furan rings is 1. The summed E-state index contributed by atoms with van der Waals surface area (Å²) in [7, 11) is 0. The molecule has 2 aromatic heterocycles. The van der Waals surface area contributed by atoms with Crippen LogP contribution in [0.3, 0.4) is 0 Å². The van der Waals surface area contributed by atoms with E-state index in [9.17, 15) is 0 Å². The first kappa shape index (κ1) is 36.8. The molecule has 0 bridgehead atoms. The van der Waals surface area contributed by atoms with Gasteiger partial charge in [0.2, 0.25) is 0 Å². The lowest BCUT2D eigenvalue weighted by Crippen LogP contribution is -2.60. The SMILES string of the molecule is CC(C)(C)c1ccc(N2B3c4cc5c(cc4-n4c6ccc(C(C)(C)C)cc6c6c7oc8ccccc8c7c(c3c64)-c3cc(C(C)(C)C)ccc32)-c2ccccc2C5(C)C)cc1. The molecule has 300 valence electrons. The molecule has 0 unspecified atom stereocenters. The fourth-order valence-electron chi connectivity index (χ4n) is 11.3. The average Bonchev–Trinajstić information content (AvgIpc) is 3.84. The minimum absolute atomic E-state index is 0.0289. The molecule has 2 aliphatic heterocycles. The highest BCUT2D eigenvalue weighted by atomic mass is 16.3. The number of rotatable bonds is 1. The fourth-order valence-corrected chi connectivity index (χ4v) is 11.3. The van der Waals surface area contributed by atoms with Crippen LogP contribution in [-0.4, -0.2) is 11.4 Å². The molecule has 0 atom stereocenters. The van der Waals surface area contributed by atoms with Crippen molar-refractivity contribution in [1.29, 1.82) is 0 Å². The van der Waals surface area contributed by atoms with Crippen LogP contribution >= 0.6 is 0 Å². The summed E-state index contributed by atoms with van der Waals surface area (Å²) in [6.45, 7) is 25.6. The van der Waals surface area contributed by atoms with Gasteiger partial charge in [-0.05, 0) is 120 Å². The van der Waals surface area contributed by atoms with Crippen molar-refractivity contribution in [3.63, 3.8) is 0 Å². The Morgan fingerprint density at radius 3 is 1.93 bits per heavy atom. The van der Waals surface area contributed by atoms with Crippen LogP contribution in [-0.2, 0) is 21.7 Å². The third-order valence-electron chi connectivity index (χ3n) is 14.6. The van der Waals surface area contributed by atoms with Crippen LogP contribution in [0.25, 0.3) is 71.7 Å². The third kappa shape index (κ3) is 4.82. The Kier molecular flexibility index (Phi) is 7.05. The molecule has 1 aliphatic carbocycles. The van der Waals surface area contributed by atoms with Gasteiger partial charge in [0.1, 0.15) is 11.2 Å². The van der Waals surface area contributed by atoms with E-state index < -0.39 is 0 Å². The van der Waals surface area contributed by atoms with Crippen molar-refractivity contribution in [2.24, 2.45) is 0 Å². The van der Waals surface area contributed by atoms with Gasteiger partial charge in [-0.1, -0.05) is 149 Å². The van der Waals surface area contributed by atoms with Crippen molar-refractivity contribution >= 4 is 72.9 Å². The van der Waals surface area contributed by atoms with Crippen molar-refractivity contribution in [1.82, 2.24) is 4.57 Å². The van der Waals surface area contributed by atoms with E-state index in [0.29, 0.717) is 0 Å². The molecule has 0 N–H and O–H groups in total. The Balaban J connectivity index is 1.33. The summed E-state index contributed by atoms with van der Waals surface area (Å²) >= 11 is 0. The topological polar surface area (TPSA) is 21.3 Å². The molecule has 61 heavy (non-hydrogen) atoms. The van der Waals surface area contributed by atoms with Gasteiger partial charge in [0.15, 0.2) is 0 Å². The number of hydrogen-bond acceptors (Lipinski definition) is 2. The van der Waals surface area contributed by atoms with Gasteiger partial charge in [0, 0.05) is 44.2 Å². The molecule has 0 fully saturated rings. The van der Waals surface area contributed by atoms with E-state index in [0.717, 1.165) is 11.2 Å². The van der Waals surface area contributed by atoms with E-state index in [4.69, 9.17) is 4.42 Å².